The standard InChI is InChI=1S/C23H28FN5OS2/c1-15(2)16-12-20(29-9-7-28(6-5-25)8-10-29)18(13-17(16)24)26-22(30)19-14-32-23(27-19)21-4-3-11-31-21/h3-4,11-15H,5-10,25H2,1-2H3,(H,26,30). The largest absolute Gasteiger partial charge is 0.367 e. The Morgan fingerprint density at radius 1 is 1.25 bits per heavy atom. The number of nitrogens with zero attached hydrogens (tertiary/aromatic N) is 3. The van der Waals surface area contributed by atoms with Gasteiger partial charge in [0, 0.05) is 44.6 Å². The van der Waals surface area contributed by atoms with Crippen LogP contribution in [0.4, 0.5) is 15.8 Å². The van der Waals surface area contributed by atoms with E-state index >= 15 is 0 Å². The molecule has 170 valence electrons. The molecule has 1 aliphatic heterocycles. The molecule has 9 heteroatoms. The molecule has 1 amide bonds. The van der Waals surface area contributed by atoms with E-state index in [0.717, 1.165) is 48.3 Å². The number of amides is 1. The minimum atomic E-state index is -0.330. The van der Waals surface area contributed by atoms with Crippen molar-refractivity contribution in [2.24, 2.45) is 5.73 Å². The number of aromatic nitrogens is 1. The van der Waals surface area contributed by atoms with Crippen molar-refractivity contribution in [1.29, 1.82) is 0 Å². The van der Waals surface area contributed by atoms with Crippen molar-refractivity contribution in [3.05, 3.63) is 52.1 Å². The Morgan fingerprint density at radius 2 is 2.03 bits per heavy atom. The molecule has 1 saturated heterocycles. The van der Waals surface area contributed by atoms with Crippen molar-refractivity contribution < 1.29 is 9.18 Å². The third-order valence-corrected chi connectivity index (χ3v) is 7.49. The van der Waals surface area contributed by atoms with Gasteiger partial charge in [0.15, 0.2) is 0 Å². The first kappa shape index (κ1) is 22.8. The Morgan fingerprint density at radius 3 is 2.69 bits per heavy atom. The highest BCUT2D eigenvalue weighted by Crippen LogP contribution is 2.34. The molecule has 0 bridgehead atoms. The highest BCUT2D eigenvalue weighted by Gasteiger charge is 2.23. The van der Waals surface area contributed by atoms with Crippen molar-refractivity contribution in [2.75, 3.05) is 49.5 Å². The molecule has 3 N–H and O–H groups in total. The molecule has 3 aromatic rings. The third-order valence-electron chi connectivity index (χ3n) is 5.61. The molecular weight excluding hydrogens is 445 g/mol. The number of piperazine rings is 1. The van der Waals surface area contributed by atoms with E-state index in [1.807, 2.05) is 37.4 Å². The van der Waals surface area contributed by atoms with E-state index in [1.165, 1.54) is 17.4 Å². The Balaban J connectivity index is 1.58. The first-order valence-corrected chi connectivity index (χ1v) is 12.5. The summed E-state index contributed by atoms with van der Waals surface area (Å²) in [5.74, 6) is -0.592. The van der Waals surface area contributed by atoms with E-state index in [4.69, 9.17) is 5.73 Å². The highest BCUT2D eigenvalue weighted by molar-refractivity contribution is 7.20. The van der Waals surface area contributed by atoms with Gasteiger partial charge in [-0.3, -0.25) is 9.69 Å². The van der Waals surface area contributed by atoms with Crippen LogP contribution in [-0.2, 0) is 0 Å². The lowest BCUT2D eigenvalue weighted by Crippen LogP contribution is -2.48. The van der Waals surface area contributed by atoms with Gasteiger partial charge in [-0.2, -0.15) is 0 Å². The van der Waals surface area contributed by atoms with Crippen molar-refractivity contribution >= 4 is 40.0 Å². The highest BCUT2D eigenvalue weighted by atomic mass is 32.1. The molecule has 0 saturated carbocycles. The molecule has 3 heterocycles. The van der Waals surface area contributed by atoms with Crippen LogP contribution in [0.15, 0.2) is 35.0 Å². The maximum atomic E-state index is 14.8. The second-order valence-electron chi connectivity index (χ2n) is 8.13. The Bertz CT molecular complexity index is 1060. The summed E-state index contributed by atoms with van der Waals surface area (Å²) < 4.78 is 14.8. The molecule has 0 unspecified atom stereocenters. The maximum Gasteiger partial charge on any atom is 0.275 e. The van der Waals surface area contributed by atoms with Gasteiger partial charge in [0.2, 0.25) is 0 Å². The van der Waals surface area contributed by atoms with Gasteiger partial charge in [-0.25, -0.2) is 9.37 Å². The van der Waals surface area contributed by atoms with Crippen LogP contribution < -0.4 is 16.0 Å². The van der Waals surface area contributed by atoms with Gasteiger partial charge in [0.25, 0.3) is 5.91 Å². The molecule has 6 nitrogen and oxygen atoms in total. The normalized spacial score (nSPS) is 14.8. The van der Waals surface area contributed by atoms with Gasteiger partial charge in [0.1, 0.15) is 16.5 Å². The zero-order valence-corrected chi connectivity index (χ0v) is 19.9. The number of nitrogens with two attached hydrogens (primary N) is 1. The molecule has 1 aromatic carbocycles. The number of anilines is 2. The van der Waals surface area contributed by atoms with E-state index in [0.29, 0.717) is 23.5 Å². The number of thiazole rings is 1. The van der Waals surface area contributed by atoms with Gasteiger partial charge >= 0.3 is 0 Å². The van der Waals surface area contributed by atoms with Gasteiger partial charge in [-0.05, 0) is 35.1 Å². The summed E-state index contributed by atoms with van der Waals surface area (Å²) in [6.07, 6.45) is 0. The summed E-state index contributed by atoms with van der Waals surface area (Å²) in [7, 11) is 0. The molecule has 2 aromatic heterocycles. The van der Waals surface area contributed by atoms with Crippen LogP contribution in [0, 0.1) is 5.82 Å². The Kier molecular flexibility index (Phi) is 7.20. The third kappa shape index (κ3) is 5.01. The van der Waals surface area contributed by atoms with Crippen LogP contribution >= 0.6 is 22.7 Å². The van der Waals surface area contributed by atoms with E-state index in [2.05, 4.69) is 20.1 Å². The lowest BCUT2D eigenvalue weighted by atomic mass is 10.00. The van der Waals surface area contributed by atoms with Crippen molar-refractivity contribution in [3.8, 4) is 9.88 Å². The number of halogens is 1. The maximum absolute atomic E-state index is 14.8. The molecule has 0 atom stereocenters. The summed E-state index contributed by atoms with van der Waals surface area (Å²) in [6.45, 7) is 8.81. The molecule has 1 aliphatic rings. The number of benzene rings is 1. The predicted molar refractivity (Wildman–Crippen MR) is 132 cm³/mol. The summed E-state index contributed by atoms with van der Waals surface area (Å²) >= 11 is 3.02. The predicted octanol–water partition coefficient (Wildman–Crippen LogP) is 4.47. The molecule has 1 fully saturated rings. The van der Waals surface area contributed by atoms with E-state index in [9.17, 15) is 9.18 Å². The summed E-state index contributed by atoms with van der Waals surface area (Å²) in [5.41, 5.74) is 8.01. The molecule has 4 rings (SSSR count). The van der Waals surface area contributed by atoms with Crippen molar-refractivity contribution in [3.63, 3.8) is 0 Å². The number of rotatable bonds is 7. The summed E-state index contributed by atoms with van der Waals surface area (Å²) in [4.78, 5) is 23.0. The Labute approximate surface area is 195 Å². The number of thiophene rings is 1. The SMILES string of the molecule is CC(C)c1cc(N2CCN(CCN)CC2)c(NC(=O)c2csc(-c3cccs3)n2)cc1F. The van der Waals surface area contributed by atoms with Crippen LogP contribution in [-0.4, -0.2) is 55.1 Å². The lowest BCUT2D eigenvalue weighted by molar-refractivity contribution is 0.102. The van der Waals surface area contributed by atoms with Crippen LogP contribution in [0.1, 0.15) is 35.8 Å². The second kappa shape index (κ2) is 10.1. The van der Waals surface area contributed by atoms with Gasteiger partial charge in [0.05, 0.1) is 16.3 Å². The molecule has 0 radical (unpaired) electrons. The van der Waals surface area contributed by atoms with Crippen LogP contribution in [0.5, 0.6) is 0 Å². The summed E-state index contributed by atoms with van der Waals surface area (Å²) in [5, 5.41) is 7.45. The molecule has 0 spiro atoms. The Hall–Kier alpha value is -2.33. The zero-order chi connectivity index (χ0) is 22.7. The van der Waals surface area contributed by atoms with Crippen LogP contribution in [0.3, 0.4) is 0 Å². The fourth-order valence-electron chi connectivity index (χ4n) is 3.85. The number of carbonyl (C=O) groups is 1. The average molecular weight is 474 g/mol. The molecule has 32 heavy (non-hydrogen) atoms. The minimum Gasteiger partial charge on any atom is -0.367 e. The number of nitrogens with one attached hydrogen (secondary N) is 1. The van der Waals surface area contributed by atoms with E-state index in [-0.39, 0.29) is 17.6 Å². The molecular formula is C23H28FN5OS2. The van der Waals surface area contributed by atoms with E-state index < -0.39 is 0 Å². The van der Waals surface area contributed by atoms with Crippen molar-refractivity contribution in [2.45, 2.75) is 19.8 Å². The fourth-order valence-corrected chi connectivity index (χ4v) is 5.47. The smallest absolute Gasteiger partial charge is 0.275 e. The van der Waals surface area contributed by atoms with Gasteiger partial charge in [-0.15, -0.1) is 22.7 Å². The number of carbonyl (C=O) groups excluding carboxylic acids is 1. The topological polar surface area (TPSA) is 74.5 Å². The lowest BCUT2D eigenvalue weighted by Gasteiger charge is -2.37. The first-order valence-electron chi connectivity index (χ1n) is 10.8. The van der Waals surface area contributed by atoms with Gasteiger partial charge in [-0.1, -0.05) is 19.9 Å². The fraction of sp³-hybridized carbons (Fsp3) is 0.391. The zero-order valence-electron chi connectivity index (χ0n) is 18.3. The number of hydrogen-bond donors (Lipinski definition) is 2. The summed E-state index contributed by atoms with van der Waals surface area (Å²) in [6, 6.07) is 7.26. The monoisotopic (exact) mass is 473 g/mol. The van der Waals surface area contributed by atoms with Crippen molar-refractivity contribution in [1.82, 2.24) is 9.88 Å². The van der Waals surface area contributed by atoms with E-state index in [1.54, 1.807) is 16.7 Å². The minimum absolute atomic E-state index is 0.0453. The average Bonchev–Trinajstić information content (AvgIpc) is 3.47. The number of hydrogen-bond acceptors (Lipinski definition) is 7. The first-order chi connectivity index (χ1) is 15.5. The van der Waals surface area contributed by atoms with Crippen LogP contribution in [0.2, 0.25) is 0 Å². The second-order valence-corrected chi connectivity index (χ2v) is 9.94. The quantitative estimate of drug-likeness (QED) is 0.530. The van der Waals surface area contributed by atoms with Gasteiger partial charge < -0.3 is 16.0 Å². The van der Waals surface area contributed by atoms with Crippen LogP contribution in [0.25, 0.3) is 9.88 Å². The molecule has 0 aliphatic carbocycles.